The highest BCUT2D eigenvalue weighted by atomic mass is 16.3. The summed E-state index contributed by atoms with van der Waals surface area (Å²) < 4.78 is 6.35. The summed E-state index contributed by atoms with van der Waals surface area (Å²) in [7, 11) is 0. The minimum Gasteiger partial charge on any atom is -0.456 e. The molecular formula is C29H27NO. The zero-order valence-corrected chi connectivity index (χ0v) is 18.5. The lowest BCUT2D eigenvalue weighted by Gasteiger charge is -2.12. The molecule has 2 heteroatoms. The number of hydrogen-bond donors (Lipinski definition) is 0. The highest BCUT2D eigenvalue weighted by Gasteiger charge is 2.16. The molecule has 5 rings (SSSR count). The largest absolute Gasteiger partial charge is 0.456 e. The lowest BCUT2D eigenvalue weighted by Crippen LogP contribution is -1.93. The van der Waals surface area contributed by atoms with Crippen molar-refractivity contribution in [3.63, 3.8) is 0 Å². The van der Waals surface area contributed by atoms with Gasteiger partial charge < -0.3 is 4.42 Å². The van der Waals surface area contributed by atoms with Gasteiger partial charge in [0.05, 0.1) is 5.69 Å². The maximum Gasteiger partial charge on any atom is 0.138 e. The van der Waals surface area contributed by atoms with Crippen LogP contribution in [0.4, 0.5) is 0 Å². The molecular weight excluding hydrogens is 378 g/mol. The van der Waals surface area contributed by atoms with Crippen molar-refractivity contribution in [1.82, 2.24) is 4.98 Å². The molecule has 0 bridgehead atoms. The van der Waals surface area contributed by atoms with Crippen LogP contribution in [0.25, 0.3) is 44.3 Å². The van der Waals surface area contributed by atoms with E-state index in [1.165, 1.54) is 21.9 Å². The van der Waals surface area contributed by atoms with E-state index in [4.69, 9.17) is 9.40 Å². The molecule has 31 heavy (non-hydrogen) atoms. The number of pyridine rings is 1. The van der Waals surface area contributed by atoms with E-state index in [0.717, 1.165) is 33.6 Å². The molecule has 2 nitrogen and oxygen atoms in total. The highest BCUT2D eigenvalue weighted by molar-refractivity contribution is 5.98. The number of benzene rings is 3. The van der Waals surface area contributed by atoms with Crippen LogP contribution in [0.5, 0.6) is 0 Å². The number of rotatable bonds is 4. The van der Waals surface area contributed by atoms with Crippen LogP contribution < -0.4 is 0 Å². The Morgan fingerprint density at radius 1 is 0.710 bits per heavy atom. The fourth-order valence-corrected chi connectivity index (χ4v) is 4.28. The maximum absolute atomic E-state index is 6.35. The molecule has 0 atom stereocenters. The van der Waals surface area contributed by atoms with Crippen molar-refractivity contribution in [2.24, 2.45) is 0 Å². The summed E-state index contributed by atoms with van der Waals surface area (Å²) in [5, 5.41) is 3.55. The molecule has 0 saturated carbocycles. The number of hydrogen-bond acceptors (Lipinski definition) is 2. The van der Waals surface area contributed by atoms with E-state index in [0.29, 0.717) is 11.8 Å². The van der Waals surface area contributed by atoms with Crippen molar-refractivity contribution in [2.45, 2.75) is 39.5 Å². The molecule has 2 heterocycles. The van der Waals surface area contributed by atoms with Crippen molar-refractivity contribution in [1.29, 1.82) is 0 Å². The third-order valence-electron chi connectivity index (χ3n) is 6.05. The fraction of sp³-hybridized carbons (Fsp3) is 0.207. The van der Waals surface area contributed by atoms with E-state index >= 15 is 0 Å². The van der Waals surface area contributed by atoms with Crippen molar-refractivity contribution in [3.8, 4) is 22.6 Å². The molecule has 0 aliphatic rings. The van der Waals surface area contributed by atoms with Crippen LogP contribution in [-0.4, -0.2) is 4.98 Å². The molecule has 3 aromatic carbocycles. The first-order valence-electron chi connectivity index (χ1n) is 11.0. The maximum atomic E-state index is 6.35. The van der Waals surface area contributed by atoms with Crippen molar-refractivity contribution < 1.29 is 4.42 Å². The van der Waals surface area contributed by atoms with Crippen LogP contribution >= 0.6 is 0 Å². The molecule has 0 radical (unpaired) electrons. The summed E-state index contributed by atoms with van der Waals surface area (Å²) in [5.74, 6) is 1.76. The first kappa shape index (κ1) is 19.6. The lowest BCUT2D eigenvalue weighted by atomic mass is 9.94. The third-order valence-corrected chi connectivity index (χ3v) is 6.05. The number of nitrogens with zero attached hydrogens (tertiary/aromatic N) is 1. The summed E-state index contributed by atoms with van der Waals surface area (Å²) in [6, 6.07) is 25.8. The molecule has 0 saturated heterocycles. The standard InChI is InChI=1S/C29H27NO/c1-18(2)21-10-11-25-22(14-21)12-13-30-28(25)23-15-24-17-27(20-8-6-5-7-9-20)31-29(24)26(16-23)19(3)4/h5-19H,1-4H3. The molecule has 0 fully saturated rings. The van der Waals surface area contributed by atoms with Gasteiger partial charge in [-0.15, -0.1) is 0 Å². The SMILES string of the molecule is CC(C)c1ccc2c(-c3cc(C(C)C)c4oc(-c5ccccc5)cc4c3)nccc2c1. The molecule has 2 aromatic heterocycles. The summed E-state index contributed by atoms with van der Waals surface area (Å²) in [5.41, 5.74) is 6.80. The molecule has 0 spiro atoms. The zero-order chi connectivity index (χ0) is 21.5. The molecule has 5 aromatic rings. The second-order valence-electron chi connectivity index (χ2n) is 8.91. The van der Waals surface area contributed by atoms with Crippen LogP contribution in [0.1, 0.15) is 50.7 Å². The van der Waals surface area contributed by atoms with Crippen LogP contribution in [0.15, 0.2) is 83.4 Å². The smallest absolute Gasteiger partial charge is 0.138 e. The third kappa shape index (κ3) is 3.53. The first-order chi connectivity index (χ1) is 15.0. The van der Waals surface area contributed by atoms with Crippen LogP contribution in [0, 0.1) is 0 Å². The van der Waals surface area contributed by atoms with E-state index in [9.17, 15) is 0 Å². The fourth-order valence-electron chi connectivity index (χ4n) is 4.28. The second kappa shape index (κ2) is 7.70. The van der Waals surface area contributed by atoms with Gasteiger partial charge in [-0.2, -0.15) is 0 Å². The van der Waals surface area contributed by atoms with Gasteiger partial charge in [0.15, 0.2) is 0 Å². The lowest BCUT2D eigenvalue weighted by molar-refractivity contribution is 0.622. The Labute approximate surface area is 183 Å². The van der Waals surface area contributed by atoms with Crippen molar-refractivity contribution in [3.05, 3.63) is 90.1 Å². The Morgan fingerprint density at radius 3 is 2.26 bits per heavy atom. The molecule has 0 unspecified atom stereocenters. The summed E-state index contributed by atoms with van der Waals surface area (Å²) >= 11 is 0. The average Bonchev–Trinajstić information content (AvgIpc) is 3.22. The van der Waals surface area contributed by atoms with Gasteiger partial charge in [-0.25, -0.2) is 0 Å². The Bertz CT molecular complexity index is 1380. The molecule has 0 N–H and O–H groups in total. The summed E-state index contributed by atoms with van der Waals surface area (Å²) in [4.78, 5) is 4.79. The van der Waals surface area contributed by atoms with Crippen molar-refractivity contribution >= 4 is 21.7 Å². The Morgan fingerprint density at radius 2 is 1.52 bits per heavy atom. The molecule has 0 aliphatic heterocycles. The molecule has 154 valence electrons. The Kier molecular flexibility index (Phi) is 4.86. The highest BCUT2D eigenvalue weighted by Crippen LogP contribution is 2.38. The number of aromatic nitrogens is 1. The normalized spacial score (nSPS) is 11.8. The van der Waals surface area contributed by atoms with E-state index in [1.807, 2.05) is 24.4 Å². The topological polar surface area (TPSA) is 26.0 Å². The predicted molar refractivity (Wildman–Crippen MR) is 131 cm³/mol. The predicted octanol–water partition coefficient (Wildman–Crippen LogP) is 8.56. The minimum atomic E-state index is 0.347. The van der Waals surface area contributed by atoms with Gasteiger partial charge in [-0.1, -0.05) is 76.2 Å². The zero-order valence-electron chi connectivity index (χ0n) is 18.5. The van der Waals surface area contributed by atoms with E-state index in [2.05, 4.69) is 82.3 Å². The quantitative estimate of drug-likeness (QED) is 0.299. The Balaban J connectivity index is 1.72. The van der Waals surface area contributed by atoms with Gasteiger partial charge in [0.1, 0.15) is 11.3 Å². The Hall–Kier alpha value is -3.39. The number of fused-ring (bicyclic) bond motifs is 2. The van der Waals surface area contributed by atoms with Crippen LogP contribution in [0.3, 0.4) is 0 Å². The van der Waals surface area contributed by atoms with Crippen LogP contribution in [0.2, 0.25) is 0 Å². The molecule has 0 aliphatic carbocycles. The van der Waals surface area contributed by atoms with Crippen molar-refractivity contribution in [2.75, 3.05) is 0 Å². The summed E-state index contributed by atoms with van der Waals surface area (Å²) in [6.07, 6.45) is 1.92. The average molecular weight is 406 g/mol. The van der Waals surface area contributed by atoms with Gasteiger partial charge in [0.25, 0.3) is 0 Å². The van der Waals surface area contributed by atoms with Gasteiger partial charge in [0.2, 0.25) is 0 Å². The minimum absolute atomic E-state index is 0.347. The van der Waals surface area contributed by atoms with Gasteiger partial charge in [-0.3, -0.25) is 4.98 Å². The second-order valence-corrected chi connectivity index (χ2v) is 8.91. The monoisotopic (exact) mass is 405 g/mol. The van der Waals surface area contributed by atoms with Crippen LogP contribution in [-0.2, 0) is 0 Å². The van der Waals surface area contributed by atoms with E-state index in [-0.39, 0.29) is 0 Å². The first-order valence-corrected chi connectivity index (χ1v) is 11.0. The van der Waals surface area contributed by atoms with E-state index < -0.39 is 0 Å². The molecule has 0 amide bonds. The van der Waals surface area contributed by atoms with Gasteiger partial charge >= 0.3 is 0 Å². The van der Waals surface area contributed by atoms with E-state index in [1.54, 1.807) is 0 Å². The number of furan rings is 1. The summed E-state index contributed by atoms with van der Waals surface area (Å²) in [6.45, 7) is 8.90. The van der Waals surface area contributed by atoms with Gasteiger partial charge in [-0.05, 0) is 52.6 Å². The van der Waals surface area contributed by atoms with Gasteiger partial charge in [0, 0.05) is 28.1 Å².